The Labute approximate surface area is 462 Å². The van der Waals surface area contributed by atoms with Crippen LogP contribution in [0.15, 0.2) is 122 Å². The van der Waals surface area contributed by atoms with Gasteiger partial charge in [-0.25, -0.2) is 0 Å². The van der Waals surface area contributed by atoms with Crippen molar-refractivity contribution in [3.05, 3.63) is 122 Å². The van der Waals surface area contributed by atoms with Gasteiger partial charge < -0.3 is 14.2 Å². The average molecular weight is 1040 g/mol. The van der Waals surface area contributed by atoms with E-state index >= 15 is 0 Å². The van der Waals surface area contributed by atoms with E-state index in [9.17, 15) is 14.4 Å². The van der Waals surface area contributed by atoms with Gasteiger partial charge in [0.1, 0.15) is 13.2 Å². The number of carbonyl (C=O) groups excluding carboxylic acids is 3. The Morgan fingerprint density at radius 1 is 0.280 bits per heavy atom. The van der Waals surface area contributed by atoms with Crippen LogP contribution in [0.3, 0.4) is 0 Å². The SMILES string of the molecule is CC/C=C\C/C=C\C/C=C\C/C=C\C/C=C\C/C=C\CCCCCCC(=O)OCC(COC(=O)CCCCCCCCC/C=C\CCCCCCCC)OC(=O)CCCCCCCCC/C=C\C/C=C\C/C=C\CC. The summed E-state index contributed by atoms with van der Waals surface area (Å²) in [6.07, 6.45) is 86.2. The zero-order valence-corrected chi connectivity index (χ0v) is 48.8. The van der Waals surface area contributed by atoms with E-state index in [1.54, 1.807) is 0 Å². The Kier molecular flexibility index (Phi) is 58.9. The quantitative estimate of drug-likeness (QED) is 0.0261. The Bertz CT molecular complexity index is 1570. The first kappa shape index (κ1) is 70.8. The molecule has 0 spiro atoms. The zero-order chi connectivity index (χ0) is 54.3. The van der Waals surface area contributed by atoms with Crippen LogP contribution in [0.1, 0.15) is 278 Å². The smallest absolute Gasteiger partial charge is 0.306 e. The normalized spacial score (nSPS) is 12.9. The predicted octanol–water partition coefficient (Wildman–Crippen LogP) is 21.2. The van der Waals surface area contributed by atoms with E-state index < -0.39 is 6.10 Å². The summed E-state index contributed by atoms with van der Waals surface area (Å²) in [7, 11) is 0. The van der Waals surface area contributed by atoms with E-state index in [4.69, 9.17) is 14.2 Å². The van der Waals surface area contributed by atoms with Crippen LogP contribution < -0.4 is 0 Å². The van der Waals surface area contributed by atoms with Crippen LogP contribution in [-0.4, -0.2) is 37.2 Å². The molecule has 75 heavy (non-hydrogen) atoms. The Balaban J connectivity index is 4.46. The first-order chi connectivity index (χ1) is 37.0. The van der Waals surface area contributed by atoms with Crippen molar-refractivity contribution < 1.29 is 28.6 Å². The standard InChI is InChI=1S/C69H114O6/c1-4-7-10-13-16-19-22-25-28-31-32-33-34-35-36-39-41-44-47-50-53-56-59-62-68(71)74-65-66(75-69(72)63-60-57-54-51-48-45-42-38-30-27-24-21-18-15-12-9-6-3)64-73-67(70)61-58-55-52-49-46-43-40-37-29-26-23-20-17-14-11-8-5-2/h7,9-10,12,16,18-19,21,25-30,32-33,35-36,41,44,66H,4-6,8,11,13-15,17,20,22-24,31,34,37-40,42-43,45-65H2,1-3H3/b10-7-,12-9-,19-16-,21-18-,28-25-,29-26-,30-27-,33-32-,36-35-,44-41-. The maximum Gasteiger partial charge on any atom is 0.306 e. The molecule has 1 unspecified atom stereocenters. The lowest BCUT2D eigenvalue weighted by atomic mass is 10.1. The van der Waals surface area contributed by atoms with Gasteiger partial charge in [0.2, 0.25) is 0 Å². The Morgan fingerprint density at radius 2 is 0.520 bits per heavy atom. The lowest BCUT2D eigenvalue weighted by molar-refractivity contribution is -0.167. The molecule has 0 saturated carbocycles. The molecule has 0 radical (unpaired) electrons. The van der Waals surface area contributed by atoms with Crippen LogP contribution in [-0.2, 0) is 28.6 Å². The van der Waals surface area contributed by atoms with Crippen molar-refractivity contribution in [3.8, 4) is 0 Å². The molecule has 0 aromatic heterocycles. The fraction of sp³-hybridized carbons (Fsp3) is 0.667. The third-order valence-corrected chi connectivity index (χ3v) is 12.9. The highest BCUT2D eigenvalue weighted by molar-refractivity contribution is 5.71. The van der Waals surface area contributed by atoms with Crippen LogP contribution in [0.2, 0.25) is 0 Å². The van der Waals surface area contributed by atoms with E-state index in [-0.39, 0.29) is 31.1 Å². The molecule has 0 aliphatic carbocycles. The lowest BCUT2D eigenvalue weighted by Crippen LogP contribution is -2.30. The summed E-state index contributed by atoms with van der Waals surface area (Å²) in [4.78, 5) is 38.3. The van der Waals surface area contributed by atoms with Gasteiger partial charge in [-0.3, -0.25) is 14.4 Å². The van der Waals surface area contributed by atoms with Crippen molar-refractivity contribution in [2.45, 2.75) is 284 Å². The van der Waals surface area contributed by atoms with Gasteiger partial charge in [0.05, 0.1) is 0 Å². The van der Waals surface area contributed by atoms with E-state index in [0.717, 1.165) is 135 Å². The number of rotatable bonds is 55. The van der Waals surface area contributed by atoms with Crippen molar-refractivity contribution in [1.82, 2.24) is 0 Å². The third kappa shape index (κ3) is 60.6. The number of esters is 3. The molecular formula is C69H114O6. The van der Waals surface area contributed by atoms with Crippen LogP contribution in [0.25, 0.3) is 0 Å². The molecule has 0 aliphatic heterocycles. The summed E-state index contributed by atoms with van der Waals surface area (Å²) < 4.78 is 16.9. The summed E-state index contributed by atoms with van der Waals surface area (Å²) in [6, 6.07) is 0. The number of hydrogen-bond acceptors (Lipinski definition) is 6. The van der Waals surface area contributed by atoms with Gasteiger partial charge in [0, 0.05) is 19.3 Å². The number of allylic oxidation sites excluding steroid dienone is 20. The summed E-state index contributed by atoms with van der Waals surface area (Å²) in [5, 5.41) is 0. The van der Waals surface area contributed by atoms with Crippen molar-refractivity contribution in [2.24, 2.45) is 0 Å². The molecule has 0 aromatic rings. The van der Waals surface area contributed by atoms with E-state index in [2.05, 4.69) is 142 Å². The van der Waals surface area contributed by atoms with Gasteiger partial charge in [0.25, 0.3) is 0 Å². The van der Waals surface area contributed by atoms with E-state index in [1.165, 1.54) is 103 Å². The highest BCUT2D eigenvalue weighted by Crippen LogP contribution is 2.15. The van der Waals surface area contributed by atoms with Crippen LogP contribution in [0.4, 0.5) is 0 Å². The van der Waals surface area contributed by atoms with Gasteiger partial charge in [-0.05, 0) is 128 Å². The summed E-state index contributed by atoms with van der Waals surface area (Å²) >= 11 is 0. The van der Waals surface area contributed by atoms with Crippen LogP contribution >= 0.6 is 0 Å². The molecule has 1 atom stereocenters. The largest absolute Gasteiger partial charge is 0.462 e. The van der Waals surface area contributed by atoms with Gasteiger partial charge in [-0.15, -0.1) is 0 Å². The van der Waals surface area contributed by atoms with Crippen LogP contribution in [0.5, 0.6) is 0 Å². The van der Waals surface area contributed by atoms with E-state index in [0.29, 0.717) is 19.3 Å². The number of unbranched alkanes of at least 4 members (excludes halogenated alkanes) is 24. The molecule has 0 N–H and O–H groups in total. The second-order valence-electron chi connectivity index (χ2n) is 20.2. The van der Waals surface area contributed by atoms with Crippen molar-refractivity contribution in [1.29, 1.82) is 0 Å². The fourth-order valence-corrected chi connectivity index (χ4v) is 8.34. The Hall–Kier alpha value is -4.19. The minimum atomic E-state index is -0.801. The molecule has 6 nitrogen and oxygen atoms in total. The van der Waals surface area contributed by atoms with Gasteiger partial charge in [-0.2, -0.15) is 0 Å². The molecule has 0 fully saturated rings. The summed E-state index contributed by atoms with van der Waals surface area (Å²) in [5.41, 5.74) is 0. The number of ether oxygens (including phenoxy) is 3. The predicted molar refractivity (Wildman–Crippen MR) is 325 cm³/mol. The summed E-state index contributed by atoms with van der Waals surface area (Å²) in [5.74, 6) is -0.931. The number of hydrogen-bond donors (Lipinski definition) is 0. The molecule has 0 aliphatic rings. The second-order valence-corrected chi connectivity index (χ2v) is 20.2. The Morgan fingerprint density at radius 3 is 0.827 bits per heavy atom. The molecule has 426 valence electrons. The number of carbonyl (C=O) groups is 3. The lowest BCUT2D eigenvalue weighted by Gasteiger charge is -2.18. The average Bonchev–Trinajstić information content (AvgIpc) is 3.41. The molecule has 0 rings (SSSR count). The molecule has 0 saturated heterocycles. The molecule has 0 heterocycles. The maximum absolute atomic E-state index is 12.9. The second kappa shape index (κ2) is 62.4. The third-order valence-electron chi connectivity index (χ3n) is 12.9. The first-order valence-corrected chi connectivity index (χ1v) is 31.0. The van der Waals surface area contributed by atoms with E-state index in [1.807, 2.05) is 0 Å². The van der Waals surface area contributed by atoms with Gasteiger partial charge >= 0.3 is 17.9 Å². The first-order valence-electron chi connectivity index (χ1n) is 31.0. The van der Waals surface area contributed by atoms with Gasteiger partial charge in [0.15, 0.2) is 6.10 Å². The molecule has 0 aromatic carbocycles. The monoisotopic (exact) mass is 1040 g/mol. The minimum Gasteiger partial charge on any atom is -0.462 e. The maximum atomic E-state index is 12.9. The van der Waals surface area contributed by atoms with Crippen molar-refractivity contribution in [3.63, 3.8) is 0 Å². The minimum absolute atomic E-state index is 0.0949. The fourth-order valence-electron chi connectivity index (χ4n) is 8.34. The van der Waals surface area contributed by atoms with Crippen molar-refractivity contribution >= 4 is 17.9 Å². The van der Waals surface area contributed by atoms with Gasteiger partial charge in [-0.1, -0.05) is 251 Å². The van der Waals surface area contributed by atoms with Crippen molar-refractivity contribution in [2.75, 3.05) is 13.2 Å². The highest BCUT2D eigenvalue weighted by atomic mass is 16.6. The highest BCUT2D eigenvalue weighted by Gasteiger charge is 2.19. The molecule has 0 amide bonds. The zero-order valence-electron chi connectivity index (χ0n) is 48.8. The topological polar surface area (TPSA) is 78.9 Å². The molecule has 6 heteroatoms. The summed E-state index contributed by atoms with van der Waals surface area (Å²) in [6.45, 7) is 6.39. The van der Waals surface area contributed by atoms with Crippen LogP contribution in [0, 0.1) is 0 Å². The molecular weight excluding hydrogens is 925 g/mol. The molecule has 0 bridgehead atoms.